The van der Waals surface area contributed by atoms with Crippen LogP contribution in [0.1, 0.15) is 5.56 Å². The molecule has 0 radical (unpaired) electrons. The van der Waals surface area contributed by atoms with Gasteiger partial charge in [0.2, 0.25) is 0 Å². The lowest BCUT2D eigenvalue weighted by Gasteiger charge is -2.14. The summed E-state index contributed by atoms with van der Waals surface area (Å²) < 4.78 is 29.9. The zero-order valence-corrected chi connectivity index (χ0v) is 17.0. The smallest absolute Gasteiger partial charge is 0.177 e. The minimum Gasteiger partial charge on any atom is -0.493 e. The van der Waals surface area contributed by atoms with Crippen LogP contribution in [0.5, 0.6) is 5.75 Å². The molecular formula is C22H18N4O3S. The molecule has 0 spiro atoms. The summed E-state index contributed by atoms with van der Waals surface area (Å²) in [7, 11) is -3.41. The number of hydrogen-bond donors (Lipinski definition) is 1. The maximum absolute atomic E-state index is 12.2. The molecule has 5 rings (SSSR count). The third-order valence-electron chi connectivity index (χ3n) is 5.03. The van der Waals surface area contributed by atoms with Crippen LogP contribution in [-0.4, -0.2) is 36.2 Å². The summed E-state index contributed by atoms with van der Waals surface area (Å²) in [6.07, 6.45) is 8.32. The van der Waals surface area contributed by atoms with Crippen LogP contribution in [0.4, 0.5) is 11.4 Å². The number of ether oxygens (including phenoxy) is 1. The third-order valence-corrected chi connectivity index (χ3v) is 6.19. The average Bonchev–Trinajstić information content (AvgIpc) is 3.21. The highest BCUT2D eigenvalue weighted by atomic mass is 32.2. The van der Waals surface area contributed by atoms with E-state index in [-0.39, 0.29) is 4.90 Å². The number of sulfone groups is 1. The molecule has 30 heavy (non-hydrogen) atoms. The number of benzene rings is 2. The Morgan fingerprint density at radius 1 is 1.03 bits per heavy atom. The Bertz CT molecular complexity index is 1390. The van der Waals surface area contributed by atoms with Gasteiger partial charge in [0.05, 0.1) is 34.4 Å². The quantitative estimate of drug-likeness (QED) is 0.539. The first kappa shape index (κ1) is 18.5. The van der Waals surface area contributed by atoms with E-state index in [1.54, 1.807) is 12.4 Å². The molecule has 0 amide bonds. The second-order valence-corrected chi connectivity index (χ2v) is 9.12. The Morgan fingerprint density at radius 2 is 1.90 bits per heavy atom. The monoisotopic (exact) mass is 418 g/mol. The minimum absolute atomic E-state index is 0.188. The SMILES string of the molecule is CS(=O)(=O)c1ccncc1Nc1cc(-c2ccc3c(c2)CCO3)c2nccnc2c1. The van der Waals surface area contributed by atoms with Gasteiger partial charge in [-0.15, -0.1) is 0 Å². The van der Waals surface area contributed by atoms with Gasteiger partial charge in [-0.2, -0.15) is 0 Å². The molecular weight excluding hydrogens is 400 g/mol. The van der Waals surface area contributed by atoms with Crippen LogP contribution in [0.25, 0.3) is 22.2 Å². The molecule has 1 aliphatic rings. The van der Waals surface area contributed by atoms with Crippen LogP contribution in [0.15, 0.2) is 66.1 Å². The van der Waals surface area contributed by atoms with E-state index in [4.69, 9.17) is 4.74 Å². The van der Waals surface area contributed by atoms with E-state index in [9.17, 15) is 8.42 Å². The van der Waals surface area contributed by atoms with Crippen molar-refractivity contribution in [1.82, 2.24) is 15.0 Å². The Balaban J connectivity index is 1.65. The van der Waals surface area contributed by atoms with Gasteiger partial charge in [-0.1, -0.05) is 6.07 Å². The van der Waals surface area contributed by atoms with Crippen LogP contribution < -0.4 is 10.1 Å². The van der Waals surface area contributed by atoms with Crippen molar-refractivity contribution in [3.63, 3.8) is 0 Å². The number of aromatic nitrogens is 3. The van der Waals surface area contributed by atoms with E-state index < -0.39 is 9.84 Å². The van der Waals surface area contributed by atoms with Gasteiger partial charge < -0.3 is 10.1 Å². The normalized spacial score (nSPS) is 13.1. The Labute approximate surface area is 173 Å². The first-order valence-electron chi connectivity index (χ1n) is 9.41. The summed E-state index contributed by atoms with van der Waals surface area (Å²) in [6.45, 7) is 0.691. The third kappa shape index (κ3) is 3.35. The second-order valence-electron chi connectivity index (χ2n) is 7.14. The lowest BCUT2D eigenvalue weighted by molar-refractivity contribution is 0.357. The summed E-state index contributed by atoms with van der Waals surface area (Å²) in [5, 5.41) is 3.20. The van der Waals surface area contributed by atoms with Crippen LogP contribution in [0.2, 0.25) is 0 Å². The minimum atomic E-state index is -3.41. The van der Waals surface area contributed by atoms with Crippen molar-refractivity contribution in [3.8, 4) is 16.9 Å². The van der Waals surface area contributed by atoms with E-state index in [0.29, 0.717) is 23.5 Å². The summed E-state index contributed by atoms with van der Waals surface area (Å²) in [5.74, 6) is 0.913. The van der Waals surface area contributed by atoms with Gasteiger partial charge in [-0.3, -0.25) is 15.0 Å². The van der Waals surface area contributed by atoms with E-state index in [0.717, 1.165) is 34.4 Å². The maximum atomic E-state index is 12.2. The highest BCUT2D eigenvalue weighted by Gasteiger charge is 2.17. The summed E-state index contributed by atoms with van der Waals surface area (Å²) in [6, 6.07) is 11.4. The van der Waals surface area contributed by atoms with E-state index in [1.807, 2.05) is 24.3 Å². The van der Waals surface area contributed by atoms with Gasteiger partial charge in [0.1, 0.15) is 5.75 Å². The van der Waals surface area contributed by atoms with Crippen molar-refractivity contribution in [2.75, 3.05) is 18.2 Å². The molecule has 4 aromatic rings. The standard InChI is InChI=1S/C22H18N4O3S/c1-30(27,28)21-4-6-23-13-19(21)26-16-11-17(22-18(12-16)24-7-8-25-22)14-2-3-20-15(10-14)5-9-29-20/h2-4,6-8,10-13,26H,5,9H2,1H3. The maximum Gasteiger partial charge on any atom is 0.177 e. The molecule has 8 heteroatoms. The Kier molecular flexibility index (Phi) is 4.36. The predicted octanol–water partition coefficient (Wildman–Crippen LogP) is 3.77. The molecule has 1 aliphatic heterocycles. The number of hydrogen-bond acceptors (Lipinski definition) is 7. The van der Waals surface area contributed by atoms with Crippen molar-refractivity contribution in [3.05, 3.63) is 66.7 Å². The summed E-state index contributed by atoms with van der Waals surface area (Å²) in [5.41, 5.74) is 5.67. The number of pyridine rings is 1. The van der Waals surface area contributed by atoms with Crippen LogP contribution in [0, 0.1) is 0 Å². The molecule has 150 valence electrons. The first-order valence-corrected chi connectivity index (χ1v) is 11.3. The van der Waals surface area contributed by atoms with Gasteiger partial charge in [0, 0.05) is 42.5 Å². The van der Waals surface area contributed by atoms with Crippen molar-refractivity contribution in [2.24, 2.45) is 0 Å². The lowest BCUT2D eigenvalue weighted by Crippen LogP contribution is -2.03. The number of rotatable bonds is 4. The van der Waals surface area contributed by atoms with E-state index in [1.165, 1.54) is 24.7 Å². The van der Waals surface area contributed by atoms with E-state index >= 15 is 0 Å². The van der Waals surface area contributed by atoms with Gasteiger partial charge in [0.15, 0.2) is 9.84 Å². The Hall–Kier alpha value is -3.52. The molecule has 7 nitrogen and oxygen atoms in total. The van der Waals surface area contributed by atoms with Gasteiger partial charge in [-0.05, 0) is 41.5 Å². The molecule has 0 aliphatic carbocycles. The van der Waals surface area contributed by atoms with E-state index in [2.05, 4.69) is 26.3 Å². The van der Waals surface area contributed by atoms with Gasteiger partial charge >= 0.3 is 0 Å². The van der Waals surface area contributed by atoms with Gasteiger partial charge in [0.25, 0.3) is 0 Å². The first-order chi connectivity index (χ1) is 14.5. The second kappa shape index (κ2) is 7.07. The number of nitrogens with zero attached hydrogens (tertiary/aromatic N) is 3. The largest absolute Gasteiger partial charge is 0.493 e. The van der Waals surface area contributed by atoms with Crippen LogP contribution >= 0.6 is 0 Å². The molecule has 0 atom stereocenters. The molecule has 0 bridgehead atoms. The molecule has 2 aromatic carbocycles. The summed E-state index contributed by atoms with van der Waals surface area (Å²) >= 11 is 0. The fourth-order valence-corrected chi connectivity index (χ4v) is 4.49. The van der Waals surface area contributed by atoms with Crippen molar-refractivity contribution in [2.45, 2.75) is 11.3 Å². The predicted molar refractivity (Wildman–Crippen MR) is 115 cm³/mol. The molecule has 0 saturated carbocycles. The zero-order valence-electron chi connectivity index (χ0n) is 16.2. The molecule has 0 fully saturated rings. The Morgan fingerprint density at radius 3 is 2.77 bits per heavy atom. The van der Waals surface area contributed by atoms with Crippen molar-refractivity contribution >= 4 is 32.2 Å². The number of fused-ring (bicyclic) bond motifs is 2. The fourth-order valence-electron chi connectivity index (χ4n) is 3.68. The topological polar surface area (TPSA) is 94.1 Å². The highest BCUT2D eigenvalue weighted by molar-refractivity contribution is 7.90. The molecule has 0 saturated heterocycles. The molecule has 1 N–H and O–H groups in total. The molecule has 2 aromatic heterocycles. The highest BCUT2D eigenvalue weighted by Crippen LogP contribution is 2.35. The van der Waals surface area contributed by atoms with Crippen LogP contribution in [-0.2, 0) is 16.3 Å². The number of nitrogens with one attached hydrogen (secondary N) is 1. The number of anilines is 2. The van der Waals surface area contributed by atoms with Gasteiger partial charge in [-0.25, -0.2) is 8.42 Å². The fraction of sp³-hybridized carbons (Fsp3) is 0.136. The van der Waals surface area contributed by atoms with Crippen molar-refractivity contribution in [1.29, 1.82) is 0 Å². The van der Waals surface area contributed by atoms with Crippen LogP contribution in [0.3, 0.4) is 0 Å². The molecule has 0 unspecified atom stereocenters. The average molecular weight is 418 g/mol. The summed E-state index contributed by atoms with van der Waals surface area (Å²) in [4.78, 5) is 13.2. The zero-order chi connectivity index (χ0) is 20.7. The molecule has 3 heterocycles. The van der Waals surface area contributed by atoms with Crippen molar-refractivity contribution < 1.29 is 13.2 Å². The lowest BCUT2D eigenvalue weighted by atomic mass is 9.99.